The van der Waals surface area contributed by atoms with Crippen molar-refractivity contribution in [3.05, 3.63) is 65.7 Å². The Hall–Kier alpha value is -2.96. The van der Waals surface area contributed by atoms with Crippen molar-refractivity contribution in [2.45, 2.75) is 38.9 Å². The molecule has 0 unspecified atom stereocenters. The summed E-state index contributed by atoms with van der Waals surface area (Å²) in [6.07, 6.45) is 2.93. The van der Waals surface area contributed by atoms with Crippen molar-refractivity contribution in [3.63, 3.8) is 0 Å². The Morgan fingerprint density at radius 1 is 1.08 bits per heavy atom. The van der Waals surface area contributed by atoms with E-state index >= 15 is 0 Å². The molecule has 6 nitrogen and oxygen atoms in total. The van der Waals surface area contributed by atoms with Gasteiger partial charge in [0.25, 0.3) is 0 Å². The fourth-order valence-electron chi connectivity index (χ4n) is 2.35. The first-order valence-electron chi connectivity index (χ1n) is 8.55. The number of carbonyl (C=O) groups excluding carboxylic acids is 2. The van der Waals surface area contributed by atoms with Crippen LogP contribution < -0.4 is 16.0 Å². The van der Waals surface area contributed by atoms with E-state index in [9.17, 15) is 14.0 Å². The van der Waals surface area contributed by atoms with Crippen molar-refractivity contribution < 1.29 is 14.0 Å². The molecule has 1 heterocycles. The van der Waals surface area contributed by atoms with Gasteiger partial charge in [-0.3, -0.25) is 9.78 Å². The van der Waals surface area contributed by atoms with Gasteiger partial charge in [0, 0.05) is 12.7 Å². The summed E-state index contributed by atoms with van der Waals surface area (Å²) in [7, 11) is 0. The maximum absolute atomic E-state index is 12.9. The number of nitrogens with zero attached hydrogens (tertiary/aromatic N) is 1. The van der Waals surface area contributed by atoms with E-state index in [0.717, 1.165) is 17.7 Å². The maximum atomic E-state index is 12.9. The fraction of sp³-hybridized carbons (Fsp3) is 0.316. The van der Waals surface area contributed by atoms with Crippen LogP contribution in [0.15, 0.2) is 48.7 Å². The number of nitrogens with one attached hydrogen (secondary N) is 3. The first kappa shape index (κ1) is 19.4. The van der Waals surface area contributed by atoms with E-state index < -0.39 is 12.1 Å². The molecule has 0 fully saturated rings. The number of hydrogen-bond acceptors (Lipinski definition) is 3. The molecule has 1 aromatic carbocycles. The minimum Gasteiger partial charge on any atom is -0.349 e. The van der Waals surface area contributed by atoms with E-state index in [1.165, 1.54) is 12.1 Å². The van der Waals surface area contributed by atoms with Gasteiger partial charge >= 0.3 is 6.03 Å². The Balaban J connectivity index is 1.82. The van der Waals surface area contributed by atoms with Gasteiger partial charge in [0.2, 0.25) is 5.91 Å². The number of benzene rings is 1. The second-order valence-corrected chi connectivity index (χ2v) is 5.83. The normalized spacial score (nSPS) is 11.5. The smallest absolute Gasteiger partial charge is 0.315 e. The Morgan fingerprint density at radius 2 is 1.85 bits per heavy atom. The third-order valence-corrected chi connectivity index (χ3v) is 3.74. The zero-order valence-corrected chi connectivity index (χ0v) is 14.7. The van der Waals surface area contributed by atoms with Crippen LogP contribution in [0, 0.1) is 5.82 Å². The van der Waals surface area contributed by atoms with Crippen LogP contribution in [0.2, 0.25) is 0 Å². The molecule has 0 bridgehead atoms. The van der Waals surface area contributed by atoms with Crippen LogP contribution >= 0.6 is 0 Å². The van der Waals surface area contributed by atoms with Crippen molar-refractivity contribution in [1.29, 1.82) is 0 Å². The van der Waals surface area contributed by atoms with Crippen LogP contribution in [-0.4, -0.2) is 23.0 Å². The largest absolute Gasteiger partial charge is 0.349 e. The van der Waals surface area contributed by atoms with Gasteiger partial charge in [-0.2, -0.15) is 0 Å². The van der Waals surface area contributed by atoms with Gasteiger partial charge in [-0.05, 0) is 36.2 Å². The summed E-state index contributed by atoms with van der Waals surface area (Å²) in [5, 5.41) is 8.13. The lowest BCUT2D eigenvalue weighted by Crippen LogP contribution is -2.49. The average molecular weight is 358 g/mol. The molecule has 0 saturated carbocycles. The molecule has 1 aromatic heterocycles. The van der Waals surface area contributed by atoms with Crippen LogP contribution in [-0.2, 0) is 17.9 Å². The monoisotopic (exact) mass is 358 g/mol. The molecule has 0 aliphatic rings. The number of aromatic nitrogens is 1. The summed E-state index contributed by atoms with van der Waals surface area (Å²) >= 11 is 0. The van der Waals surface area contributed by atoms with E-state index in [1.807, 2.05) is 19.1 Å². The lowest BCUT2D eigenvalue weighted by atomic mass is 10.1. The lowest BCUT2D eigenvalue weighted by Gasteiger charge is -2.18. The first-order chi connectivity index (χ1) is 12.6. The third-order valence-electron chi connectivity index (χ3n) is 3.74. The van der Waals surface area contributed by atoms with Crippen LogP contribution in [0.4, 0.5) is 9.18 Å². The summed E-state index contributed by atoms with van der Waals surface area (Å²) in [6.45, 7) is 2.50. The molecule has 0 radical (unpaired) electrons. The van der Waals surface area contributed by atoms with Crippen LogP contribution in [0.25, 0.3) is 0 Å². The summed E-state index contributed by atoms with van der Waals surface area (Å²) < 4.78 is 12.9. The Bertz CT molecular complexity index is 707. The van der Waals surface area contributed by atoms with Gasteiger partial charge in [0.15, 0.2) is 0 Å². The van der Waals surface area contributed by atoms with Crippen LogP contribution in [0.5, 0.6) is 0 Å². The van der Waals surface area contributed by atoms with Gasteiger partial charge in [0.1, 0.15) is 11.9 Å². The van der Waals surface area contributed by atoms with E-state index in [0.29, 0.717) is 13.0 Å². The molecule has 0 aliphatic carbocycles. The van der Waals surface area contributed by atoms with Gasteiger partial charge in [0.05, 0.1) is 12.2 Å². The van der Waals surface area contributed by atoms with Gasteiger partial charge in [-0.25, -0.2) is 9.18 Å². The number of carbonyl (C=O) groups is 2. The highest BCUT2D eigenvalue weighted by atomic mass is 19.1. The fourth-order valence-corrected chi connectivity index (χ4v) is 2.35. The molecule has 7 heteroatoms. The molecule has 138 valence electrons. The molecule has 3 N–H and O–H groups in total. The quantitative estimate of drug-likeness (QED) is 0.678. The second kappa shape index (κ2) is 10.1. The van der Waals surface area contributed by atoms with Crippen molar-refractivity contribution in [3.8, 4) is 0 Å². The SMILES string of the molecule is CCC[C@H](NC(=O)NCc1ccc(F)cc1)C(=O)NCc1ccccn1. The van der Waals surface area contributed by atoms with E-state index in [1.54, 1.807) is 24.4 Å². The first-order valence-corrected chi connectivity index (χ1v) is 8.55. The predicted molar refractivity (Wildman–Crippen MR) is 96.6 cm³/mol. The highest BCUT2D eigenvalue weighted by Crippen LogP contribution is 2.03. The molecule has 3 amide bonds. The van der Waals surface area contributed by atoms with Crippen molar-refractivity contribution in [2.24, 2.45) is 0 Å². The van der Waals surface area contributed by atoms with Gasteiger partial charge in [-0.1, -0.05) is 31.5 Å². The average Bonchev–Trinajstić information content (AvgIpc) is 2.66. The minimum atomic E-state index is -0.628. The molecule has 2 aromatic rings. The summed E-state index contributed by atoms with van der Waals surface area (Å²) in [5.74, 6) is -0.583. The minimum absolute atomic E-state index is 0.251. The van der Waals surface area contributed by atoms with Crippen LogP contribution in [0.3, 0.4) is 0 Å². The highest BCUT2D eigenvalue weighted by Gasteiger charge is 2.19. The molecule has 1 atom stereocenters. The van der Waals surface area contributed by atoms with Crippen molar-refractivity contribution in [1.82, 2.24) is 20.9 Å². The highest BCUT2D eigenvalue weighted by molar-refractivity contribution is 5.86. The van der Waals surface area contributed by atoms with Gasteiger partial charge < -0.3 is 16.0 Å². The zero-order chi connectivity index (χ0) is 18.8. The van der Waals surface area contributed by atoms with Crippen LogP contribution in [0.1, 0.15) is 31.0 Å². The summed E-state index contributed by atoms with van der Waals surface area (Å²) in [6, 6.07) is 10.3. The number of halogens is 1. The molecule has 0 aliphatic heterocycles. The molecule has 2 rings (SSSR count). The van der Waals surface area contributed by atoms with Gasteiger partial charge in [-0.15, -0.1) is 0 Å². The third kappa shape index (κ3) is 6.51. The predicted octanol–water partition coefficient (Wildman–Crippen LogP) is 2.51. The number of urea groups is 1. The number of pyridine rings is 1. The summed E-state index contributed by atoms with van der Waals surface area (Å²) in [4.78, 5) is 28.5. The maximum Gasteiger partial charge on any atom is 0.315 e. The molecular formula is C19H23FN4O2. The van der Waals surface area contributed by atoms with Crippen molar-refractivity contribution in [2.75, 3.05) is 0 Å². The molecule has 0 spiro atoms. The van der Waals surface area contributed by atoms with Crippen molar-refractivity contribution >= 4 is 11.9 Å². The zero-order valence-electron chi connectivity index (χ0n) is 14.7. The number of amides is 3. The van der Waals surface area contributed by atoms with E-state index in [2.05, 4.69) is 20.9 Å². The second-order valence-electron chi connectivity index (χ2n) is 5.83. The van der Waals surface area contributed by atoms with E-state index in [-0.39, 0.29) is 18.3 Å². The Morgan fingerprint density at radius 3 is 2.50 bits per heavy atom. The molecular weight excluding hydrogens is 335 g/mol. The number of rotatable bonds is 8. The Labute approximate surface area is 152 Å². The lowest BCUT2D eigenvalue weighted by molar-refractivity contribution is -0.123. The standard InChI is InChI=1S/C19H23FN4O2/c1-2-5-17(18(25)22-13-16-6-3-4-11-21-16)24-19(26)23-12-14-7-9-15(20)10-8-14/h3-4,6-11,17H,2,5,12-13H2,1H3,(H,22,25)(H2,23,24,26)/t17-/m0/s1. The summed E-state index contributed by atoms with van der Waals surface area (Å²) in [5.41, 5.74) is 1.52. The Kier molecular flexibility index (Phi) is 7.54. The number of hydrogen-bond donors (Lipinski definition) is 3. The molecule has 26 heavy (non-hydrogen) atoms. The molecule has 0 saturated heterocycles. The van der Waals surface area contributed by atoms with E-state index in [4.69, 9.17) is 0 Å². The topological polar surface area (TPSA) is 83.1 Å².